The maximum Gasteiger partial charge on any atom is 0.0235 e. The number of rotatable bonds is 2. The Balaban J connectivity index is 2.13. The van der Waals surface area contributed by atoms with Crippen LogP contribution in [0.25, 0.3) is 0 Å². The lowest BCUT2D eigenvalue weighted by Crippen LogP contribution is -2.21. The van der Waals surface area contributed by atoms with Gasteiger partial charge >= 0.3 is 0 Å². The molecule has 2 heteroatoms. The Morgan fingerprint density at radius 2 is 1.68 bits per heavy atom. The fourth-order valence-electron chi connectivity index (χ4n) is 2.79. The molecule has 19 heavy (non-hydrogen) atoms. The van der Waals surface area contributed by atoms with Crippen molar-refractivity contribution in [3.05, 3.63) is 65.2 Å². The van der Waals surface area contributed by atoms with Crippen molar-refractivity contribution < 1.29 is 0 Å². The Labute approximate surface area is 119 Å². The third kappa shape index (κ3) is 2.56. The standard InChI is InChI=1S/C17H19NS/c1-18(2)11-16-14-8-4-3-7-13(14)12-19-17-10-6-5-9-15(16)17/h3-10,16H,11-12H2,1-2H3/t16-/m1/s1. The Bertz CT molecular complexity index is 529. The van der Waals surface area contributed by atoms with Crippen LogP contribution in [0.4, 0.5) is 0 Å². The molecule has 1 nitrogen and oxygen atoms in total. The van der Waals surface area contributed by atoms with Crippen LogP contribution in [-0.4, -0.2) is 25.5 Å². The minimum Gasteiger partial charge on any atom is -0.308 e. The summed E-state index contributed by atoms with van der Waals surface area (Å²) in [5.74, 6) is 1.56. The summed E-state index contributed by atoms with van der Waals surface area (Å²) in [5, 5.41) is 0. The summed E-state index contributed by atoms with van der Waals surface area (Å²) < 4.78 is 0. The quantitative estimate of drug-likeness (QED) is 0.811. The van der Waals surface area contributed by atoms with E-state index >= 15 is 0 Å². The molecule has 1 heterocycles. The summed E-state index contributed by atoms with van der Waals surface area (Å²) in [6, 6.07) is 17.8. The largest absolute Gasteiger partial charge is 0.308 e. The van der Waals surface area contributed by atoms with Gasteiger partial charge in [0.15, 0.2) is 0 Å². The summed E-state index contributed by atoms with van der Waals surface area (Å²) >= 11 is 1.96. The van der Waals surface area contributed by atoms with Crippen molar-refractivity contribution in [3.8, 4) is 0 Å². The van der Waals surface area contributed by atoms with Crippen LogP contribution >= 0.6 is 11.8 Å². The first kappa shape index (κ1) is 12.8. The van der Waals surface area contributed by atoms with Gasteiger partial charge in [0.25, 0.3) is 0 Å². The van der Waals surface area contributed by atoms with Gasteiger partial charge in [-0.1, -0.05) is 42.5 Å². The monoisotopic (exact) mass is 269 g/mol. The lowest BCUT2D eigenvalue weighted by molar-refractivity contribution is 0.390. The van der Waals surface area contributed by atoms with Crippen LogP contribution in [0.2, 0.25) is 0 Å². The van der Waals surface area contributed by atoms with Gasteiger partial charge in [0.1, 0.15) is 0 Å². The van der Waals surface area contributed by atoms with Crippen molar-refractivity contribution in [2.24, 2.45) is 0 Å². The van der Waals surface area contributed by atoms with Gasteiger partial charge in [0.2, 0.25) is 0 Å². The summed E-state index contributed by atoms with van der Waals surface area (Å²) in [6.07, 6.45) is 0. The average Bonchev–Trinajstić information content (AvgIpc) is 2.57. The molecule has 0 radical (unpaired) electrons. The van der Waals surface area contributed by atoms with Crippen molar-refractivity contribution >= 4 is 11.8 Å². The second-order valence-corrected chi connectivity index (χ2v) is 6.36. The van der Waals surface area contributed by atoms with Gasteiger partial charge in [-0.25, -0.2) is 0 Å². The van der Waals surface area contributed by atoms with Crippen LogP contribution in [0, 0.1) is 0 Å². The van der Waals surface area contributed by atoms with Crippen molar-refractivity contribution in [2.45, 2.75) is 16.6 Å². The smallest absolute Gasteiger partial charge is 0.0235 e. The minimum absolute atomic E-state index is 0.484. The van der Waals surface area contributed by atoms with Crippen molar-refractivity contribution in [1.29, 1.82) is 0 Å². The summed E-state index contributed by atoms with van der Waals surface area (Å²) in [4.78, 5) is 3.72. The van der Waals surface area contributed by atoms with Crippen molar-refractivity contribution in [3.63, 3.8) is 0 Å². The molecule has 0 amide bonds. The molecule has 2 aromatic carbocycles. The highest BCUT2D eigenvalue weighted by Crippen LogP contribution is 2.40. The normalized spacial score (nSPS) is 17.7. The molecule has 0 saturated heterocycles. The highest BCUT2D eigenvalue weighted by Gasteiger charge is 2.23. The number of hydrogen-bond donors (Lipinski definition) is 0. The highest BCUT2D eigenvalue weighted by atomic mass is 32.2. The van der Waals surface area contributed by atoms with E-state index in [0.29, 0.717) is 5.92 Å². The lowest BCUT2D eigenvalue weighted by Gasteiger charge is -2.23. The van der Waals surface area contributed by atoms with Crippen LogP contribution in [0.3, 0.4) is 0 Å². The van der Waals surface area contributed by atoms with E-state index in [2.05, 4.69) is 67.5 Å². The third-order valence-corrected chi connectivity index (χ3v) is 4.79. The zero-order chi connectivity index (χ0) is 13.2. The molecule has 0 aliphatic carbocycles. The number of benzene rings is 2. The first-order chi connectivity index (χ1) is 9.25. The van der Waals surface area contributed by atoms with Gasteiger partial charge in [-0.05, 0) is 36.9 Å². The van der Waals surface area contributed by atoms with Crippen LogP contribution < -0.4 is 0 Å². The van der Waals surface area contributed by atoms with Crippen LogP contribution in [0.15, 0.2) is 53.4 Å². The molecule has 0 fully saturated rings. The Kier molecular flexibility index (Phi) is 3.63. The van der Waals surface area contributed by atoms with Gasteiger partial charge in [0.05, 0.1) is 0 Å². The molecule has 0 aromatic heterocycles. The second kappa shape index (κ2) is 5.40. The number of hydrogen-bond acceptors (Lipinski definition) is 2. The maximum absolute atomic E-state index is 2.30. The van der Waals surface area contributed by atoms with Crippen LogP contribution in [0.1, 0.15) is 22.6 Å². The molecular formula is C17H19NS. The molecule has 0 unspecified atom stereocenters. The van der Waals surface area contributed by atoms with Gasteiger partial charge in [-0.15, -0.1) is 11.8 Å². The zero-order valence-electron chi connectivity index (χ0n) is 11.5. The zero-order valence-corrected chi connectivity index (χ0v) is 12.3. The predicted molar refractivity (Wildman–Crippen MR) is 82.8 cm³/mol. The molecule has 0 N–H and O–H groups in total. The van der Waals surface area contributed by atoms with Gasteiger partial charge < -0.3 is 4.90 Å². The Hall–Kier alpha value is -1.25. The molecule has 1 atom stereocenters. The van der Waals surface area contributed by atoms with Crippen molar-refractivity contribution in [1.82, 2.24) is 4.90 Å². The molecule has 0 bridgehead atoms. The molecule has 1 aliphatic heterocycles. The molecule has 98 valence electrons. The van der Waals surface area contributed by atoms with E-state index in [0.717, 1.165) is 12.3 Å². The van der Waals surface area contributed by atoms with E-state index in [-0.39, 0.29) is 0 Å². The maximum atomic E-state index is 2.30. The first-order valence-electron chi connectivity index (χ1n) is 6.70. The van der Waals surface area contributed by atoms with E-state index in [1.165, 1.54) is 21.6 Å². The fourth-order valence-corrected chi connectivity index (χ4v) is 3.92. The second-order valence-electron chi connectivity index (χ2n) is 5.34. The Morgan fingerprint density at radius 3 is 2.47 bits per heavy atom. The average molecular weight is 269 g/mol. The highest BCUT2D eigenvalue weighted by molar-refractivity contribution is 7.98. The predicted octanol–water partition coefficient (Wildman–Crippen LogP) is 3.99. The summed E-state index contributed by atoms with van der Waals surface area (Å²) in [5.41, 5.74) is 4.45. The van der Waals surface area contributed by atoms with Gasteiger partial charge in [-0.3, -0.25) is 0 Å². The van der Waals surface area contributed by atoms with E-state index < -0.39 is 0 Å². The SMILES string of the molecule is CN(C)C[C@@H]1c2ccccc2CSc2ccccc21. The lowest BCUT2D eigenvalue weighted by atomic mass is 9.88. The summed E-state index contributed by atoms with van der Waals surface area (Å²) in [7, 11) is 4.31. The van der Waals surface area contributed by atoms with E-state index in [1.54, 1.807) is 0 Å². The Morgan fingerprint density at radius 1 is 1.00 bits per heavy atom. The minimum atomic E-state index is 0.484. The van der Waals surface area contributed by atoms with E-state index in [1.807, 2.05) is 11.8 Å². The molecule has 2 aromatic rings. The molecular weight excluding hydrogens is 250 g/mol. The summed E-state index contributed by atoms with van der Waals surface area (Å²) in [6.45, 7) is 1.06. The molecule has 1 aliphatic rings. The van der Waals surface area contributed by atoms with E-state index in [9.17, 15) is 0 Å². The molecule has 0 spiro atoms. The molecule has 0 saturated carbocycles. The first-order valence-corrected chi connectivity index (χ1v) is 7.68. The molecule has 3 rings (SSSR count). The number of nitrogens with zero attached hydrogens (tertiary/aromatic N) is 1. The number of likely N-dealkylation sites (N-methyl/N-ethyl adjacent to an activating group) is 1. The van der Waals surface area contributed by atoms with Gasteiger partial charge in [-0.2, -0.15) is 0 Å². The number of thioether (sulfide) groups is 1. The third-order valence-electron chi connectivity index (χ3n) is 3.66. The van der Waals surface area contributed by atoms with E-state index in [4.69, 9.17) is 0 Å². The number of fused-ring (bicyclic) bond motifs is 2. The van der Waals surface area contributed by atoms with Crippen LogP contribution in [0.5, 0.6) is 0 Å². The van der Waals surface area contributed by atoms with Crippen LogP contribution in [-0.2, 0) is 5.75 Å². The fraction of sp³-hybridized carbons (Fsp3) is 0.294. The topological polar surface area (TPSA) is 3.24 Å². The van der Waals surface area contributed by atoms with Gasteiger partial charge in [0, 0.05) is 23.1 Å². The van der Waals surface area contributed by atoms with Crippen molar-refractivity contribution in [2.75, 3.05) is 20.6 Å².